The van der Waals surface area contributed by atoms with Gasteiger partial charge >= 0.3 is 0 Å². The first-order valence-electron chi connectivity index (χ1n) is 9.97. The Hall–Kier alpha value is -2.90. The smallest absolute Gasteiger partial charge is 0.247 e. The molecule has 7 nitrogen and oxygen atoms in total. The summed E-state index contributed by atoms with van der Waals surface area (Å²) in [5, 5.41) is 10.2. The van der Waals surface area contributed by atoms with Crippen LogP contribution in [0, 0.1) is 5.92 Å². The number of H-pyrrole nitrogens is 1. The first kappa shape index (κ1) is 21.8. The largest absolute Gasteiger partial charge is 0.361 e. The number of hydrogen-bond donors (Lipinski definition) is 4. The zero-order valence-electron chi connectivity index (χ0n) is 16.6. The van der Waals surface area contributed by atoms with Gasteiger partial charge in [0.25, 0.3) is 0 Å². The lowest BCUT2D eigenvalue weighted by molar-refractivity contribution is -0.129. The topological polar surface area (TPSA) is 98.9 Å². The normalized spacial score (nSPS) is 15.2. The van der Waals surface area contributed by atoms with Crippen LogP contribution >= 0.6 is 12.4 Å². The third kappa shape index (κ3) is 5.17. The SMILES string of the molecule is Cl.O=C(NC(Cc1c[nH]c2ccccc12)C(=O)Nc1ccncc1)C1CCNCC1. The number of halogens is 1. The molecule has 1 saturated heterocycles. The number of carbonyl (C=O) groups excluding carboxylic acids is 2. The number of para-hydroxylation sites is 1. The predicted octanol–water partition coefficient (Wildman–Crippen LogP) is 2.65. The summed E-state index contributed by atoms with van der Waals surface area (Å²) in [6.45, 7) is 1.66. The third-order valence-corrected chi connectivity index (χ3v) is 5.39. The van der Waals surface area contributed by atoms with Gasteiger partial charge in [-0.2, -0.15) is 0 Å². The fourth-order valence-electron chi connectivity index (χ4n) is 3.77. The van der Waals surface area contributed by atoms with Crippen molar-refractivity contribution < 1.29 is 9.59 Å². The third-order valence-electron chi connectivity index (χ3n) is 5.39. The quantitative estimate of drug-likeness (QED) is 0.486. The molecule has 3 heterocycles. The number of carbonyl (C=O) groups is 2. The zero-order valence-corrected chi connectivity index (χ0v) is 17.4. The number of anilines is 1. The molecule has 4 rings (SSSR count). The van der Waals surface area contributed by atoms with Crippen molar-refractivity contribution in [2.45, 2.75) is 25.3 Å². The van der Waals surface area contributed by atoms with Crippen molar-refractivity contribution in [3.63, 3.8) is 0 Å². The average Bonchev–Trinajstić information content (AvgIpc) is 3.17. The molecule has 2 aromatic heterocycles. The van der Waals surface area contributed by atoms with Gasteiger partial charge in [0.1, 0.15) is 6.04 Å². The Balaban J connectivity index is 0.00000256. The van der Waals surface area contributed by atoms with E-state index in [2.05, 4.69) is 25.9 Å². The van der Waals surface area contributed by atoms with Gasteiger partial charge in [-0.3, -0.25) is 14.6 Å². The second-order valence-corrected chi connectivity index (χ2v) is 7.37. The molecule has 0 aliphatic carbocycles. The van der Waals surface area contributed by atoms with Gasteiger partial charge in [0, 0.05) is 47.5 Å². The summed E-state index contributed by atoms with van der Waals surface area (Å²) in [6.07, 6.45) is 7.15. The first-order chi connectivity index (χ1) is 14.2. The van der Waals surface area contributed by atoms with Crippen LogP contribution in [0.1, 0.15) is 18.4 Å². The van der Waals surface area contributed by atoms with E-state index in [4.69, 9.17) is 0 Å². The Morgan fingerprint density at radius 2 is 1.83 bits per heavy atom. The summed E-state index contributed by atoms with van der Waals surface area (Å²) < 4.78 is 0. The van der Waals surface area contributed by atoms with Gasteiger partial charge in [-0.15, -0.1) is 12.4 Å². The van der Waals surface area contributed by atoms with E-state index in [-0.39, 0.29) is 30.1 Å². The van der Waals surface area contributed by atoms with Crippen molar-refractivity contribution in [3.8, 4) is 0 Å². The predicted molar refractivity (Wildman–Crippen MR) is 120 cm³/mol. The van der Waals surface area contributed by atoms with Crippen LogP contribution in [-0.4, -0.2) is 40.9 Å². The Morgan fingerprint density at radius 1 is 1.10 bits per heavy atom. The number of piperidine rings is 1. The van der Waals surface area contributed by atoms with E-state index < -0.39 is 6.04 Å². The lowest BCUT2D eigenvalue weighted by Crippen LogP contribution is -2.48. The number of aromatic nitrogens is 2. The highest BCUT2D eigenvalue weighted by atomic mass is 35.5. The molecule has 0 bridgehead atoms. The highest BCUT2D eigenvalue weighted by Crippen LogP contribution is 2.20. The molecule has 30 heavy (non-hydrogen) atoms. The number of nitrogens with zero attached hydrogens (tertiary/aromatic N) is 1. The minimum Gasteiger partial charge on any atom is -0.361 e. The number of fused-ring (bicyclic) bond motifs is 1. The highest BCUT2D eigenvalue weighted by Gasteiger charge is 2.27. The minimum atomic E-state index is -0.662. The van der Waals surface area contributed by atoms with Crippen molar-refractivity contribution in [1.29, 1.82) is 0 Å². The molecule has 2 amide bonds. The lowest BCUT2D eigenvalue weighted by atomic mass is 9.96. The lowest BCUT2D eigenvalue weighted by Gasteiger charge is -2.25. The first-order valence-corrected chi connectivity index (χ1v) is 9.97. The molecule has 1 aliphatic heterocycles. The number of nitrogens with one attached hydrogen (secondary N) is 4. The van der Waals surface area contributed by atoms with E-state index in [0.29, 0.717) is 12.1 Å². The molecule has 1 aromatic carbocycles. The monoisotopic (exact) mass is 427 g/mol. The van der Waals surface area contributed by atoms with E-state index >= 15 is 0 Å². The molecule has 0 radical (unpaired) electrons. The molecule has 8 heteroatoms. The van der Waals surface area contributed by atoms with Gasteiger partial charge in [-0.05, 0) is 49.7 Å². The fourth-order valence-corrected chi connectivity index (χ4v) is 3.77. The molecular weight excluding hydrogens is 402 g/mol. The van der Waals surface area contributed by atoms with Crippen LogP contribution in [0.3, 0.4) is 0 Å². The summed E-state index contributed by atoms with van der Waals surface area (Å²) >= 11 is 0. The molecule has 0 spiro atoms. The van der Waals surface area contributed by atoms with Crippen LogP contribution < -0.4 is 16.0 Å². The van der Waals surface area contributed by atoms with Crippen LogP contribution in [0.25, 0.3) is 10.9 Å². The molecule has 4 N–H and O–H groups in total. The van der Waals surface area contributed by atoms with Gasteiger partial charge in [0.2, 0.25) is 11.8 Å². The standard InChI is InChI=1S/C22H25N5O2.ClH/c28-21(15-5-9-23-10-6-15)27-20(22(29)26-17-7-11-24-12-8-17)13-16-14-25-19-4-2-1-3-18(16)19;/h1-4,7-8,11-12,14-15,20,23,25H,5-6,9-10,13H2,(H,27,28)(H,24,26,29);1H. The molecule has 1 fully saturated rings. The van der Waals surface area contributed by atoms with Gasteiger partial charge < -0.3 is 20.9 Å². The number of pyridine rings is 1. The molecule has 3 aromatic rings. The van der Waals surface area contributed by atoms with E-state index in [9.17, 15) is 9.59 Å². The van der Waals surface area contributed by atoms with Gasteiger partial charge in [-0.25, -0.2) is 0 Å². The van der Waals surface area contributed by atoms with Crippen LogP contribution in [-0.2, 0) is 16.0 Å². The van der Waals surface area contributed by atoms with Crippen molar-refractivity contribution in [2.75, 3.05) is 18.4 Å². The molecule has 158 valence electrons. The highest BCUT2D eigenvalue weighted by molar-refractivity contribution is 5.98. The minimum absolute atomic E-state index is 0. The summed E-state index contributed by atoms with van der Waals surface area (Å²) in [7, 11) is 0. The molecule has 1 aliphatic rings. The van der Waals surface area contributed by atoms with Crippen LogP contribution in [0.2, 0.25) is 0 Å². The van der Waals surface area contributed by atoms with E-state index in [1.165, 1.54) is 0 Å². The van der Waals surface area contributed by atoms with Gasteiger partial charge in [-0.1, -0.05) is 18.2 Å². The Labute approximate surface area is 181 Å². The van der Waals surface area contributed by atoms with E-state index in [0.717, 1.165) is 42.4 Å². The number of aromatic amines is 1. The second kappa shape index (κ2) is 10.2. The van der Waals surface area contributed by atoms with Crippen molar-refractivity contribution in [3.05, 3.63) is 60.6 Å². The summed E-state index contributed by atoms with van der Waals surface area (Å²) in [5.41, 5.74) is 2.67. The maximum Gasteiger partial charge on any atom is 0.247 e. The Bertz CT molecular complexity index is 985. The maximum atomic E-state index is 13.0. The summed E-state index contributed by atoms with van der Waals surface area (Å²) in [6, 6.07) is 10.8. The summed E-state index contributed by atoms with van der Waals surface area (Å²) in [5.74, 6) is -0.347. The molecule has 1 atom stereocenters. The number of rotatable bonds is 6. The van der Waals surface area contributed by atoms with Gasteiger partial charge in [0.15, 0.2) is 0 Å². The number of amides is 2. The van der Waals surface area contributed by atoms with E-state index in [1.54, 1.807) is 24.5 Å². The fraction of sp³-hybridized carbons (Fsp3) is 0.318. The molecular formula is C22H26ClN5O2. The van der Waals surface area contributed by atoms with Gasteiger partial charge in [0.05, 0.1) is 0 Å². The van der Waals surface area contributed by atoms with Crippen molar-refractivity contribution in [2.24, 2.45) is 5.92 Å². The van der Waals surface area contributed by atoms with Crippen LogP contribution in [0.4, 0.5) is 5.69 Å². The average molecular weight is 428 g/mol. The Kier molecular flexibility index (Phi) is 7.43. The Morgan fingerprint density at radius 3 is 2.60 bits per heavy atom. The summed E-state index contributed by atoms with van der Waals surface area (Å²) in [4.78, 5) is 33.1. The second-order valence-electron chi connectivity index (χ2n) is 7.37. The number of hydrogen-bond acceptors (Lipinski definition) is 4. The van der Waals surface area contributed by atoms with E-state index in [1.807, 2.05) is 30.5 Å². The molecule has 0 saturated carbocycles. The molecule has 1 unspecified atom stereocenters. The van der Waals surface area contributed by atoms with Crippen LogP contribution in [0.15, 0.2) is 55.0 Å². The van der Waals surface area contributed by atoms with Crippen molar-refractivity contribution in [1.82, 2.24) is 20.6 Å². The number of benzene rings is 1. The van der Waals surface area contributed by atoms with Crippen LogP contribution in [0.5, 0.6) is 0 Å². The van der Waals surface area contributed by atoms with Crippen molar-refractivity contribution >= 4 is 40.8 Å². The zero-order chi connectivity index (χ0) is 20.1. The maximum absolute atomic E-state index is 13.0.